The SMILES string of the molecule is COc1ccc(Cl)cc1NC(=O)CSc1cn(CCNC(=O)c2ccc(F)cc2)c2ccccc12. The van der Waals surface area contributed by atoms with Crippen molar-refractivity contribution in [3.05, 3.63) is 89.3 Å². The molecule has 4 aromatic rings. The Morgan fingerprint density at radius 2 is 1.86 bits per heavy atom. The molecule has 0 spiro atoms. The summed E-state index contributed by atoms with van der Waals surface area (Å²) in [6, 6.07) is 18.4. The maximum atomic E-state index is 13.1. The molecule has 0 aliphatic rings. The van der Waals surface area contributed by atoms with Crippen LogP contribution in [0.2, 0.25) is 5.02 Å². The molecule has 0 aliphatic heterocycles. The van der Waals surface area contributed by atoms with Crippen LogP contribution in [0.15, 0.2) is 77.8 Å². The van der Waals surface area contributed by atoms with Crippen LogP contribution in [0.3, 0.4) is 0 Å². The summed E-state index contributed by atoms with van der Waals surface area (Å²) < 4.78 is 20.4. The van der Waals surface area contributed by atoms with E-state index in [1.165, 1.54) is 43.1 Å². The normalized spacial score (nSPS) is 10.8. The molecule has 0 radical (unpaired) electrons. The number of rotatable bonds is 9. The Hall–Kier alpha value is -3.49. The smallest absolute Gasteiger partial charge is 0.251 e. The molecule has 2 amide bonds. The zero-order valence-corrected chi connectivity index (χ0v) is 20.5. The number of methoxy groups -OCH3 is 1. The Labute approximate surface area is 211 Å². The molecule has 35 heavy (non-hydrogen) atoms. The zero-order chi connectivity index (χ0) is 24.8. The fourth-order valence-corrected chi connectivity index (χ4v) is 4.67. The van der Waals surface area contributed by atoms with Crippen LogP contribution in [0.5, 0.6) is 5.75 Å². The second kappa shape index (κ2) is 11.3. The third-order valence-electron chi connectivity index (χ3n) is 5.29. The second-order valence-corrected chi connectivity index (χ2v) is 9.10. The summed E-state index contributed by atoms with van der Waals surface area (Å²) in [6.45, 7) is 0.938. The highest BCUT2D eigenvalue weighted by molar-refractivity contribution is 8.00. The van der Waals surface area contributed by atoms with Crippen molar-refractivity contribution < 1.29 is 18.7 Å². The Morgan fingerprint density at radius 1 is 1.09 bits per heavy atom. The van der Waals surface area contributed by atoms with Gasteiger partial charge in [0.15, 0.2) is 0 Å². The maximum absolute atomic E-state index is 13.1. The van der Waals surface area contributed by atoms with Crippen LogP contribution in [0, 0.1) is 5.82 Å². The number of thioether (sulfide) groups is 1. The van der Waals surface area contributed by atoms with Crippen molar-refractivity contribution in [2.75, 3.05) is 24.7 Å². The van der Waals surface area contributed by atoms with Crippen LogP contribution in [0.1, 0.15) is 10.4 Å². The van der Waals surface area contributed by atoms with E-state index in [-0.39, 0.29) is 23.4 Å². The number of para-hydroxylation sites is 1. The molecule has 0 saturated carbocycles. The fourth-order valence-electron chi connectivity index (χ4n) is 3.61. The minimum absolute atomic E-state index is 0.182. The number of fused-ring (bicyclic) bond motifs is 1. The molecule has 3 aromatic carbocycles. The molecular formula is C26H23ClFN3O3S. The van der Waals surface area contributed by atoms with Gasteiger partial charge in [0.25, 0.3) is 5.91 Å². The molecule has 9 heteroatoms. The first kappa shape index (κ1) is 24.6. The van der Waals surface area contributed by atoms with E-state index in [4.69, 9.17) is 16.3 Å². The highest BCUT2D eigenvalue weighted by Gasteiger charge is 2.13. The lowest BCUT2D eigenvalue weighted by molar-refractivity contribution is -0.113. The van der Waals surface area contributed by atoms with Crippen LogP contribution in [0.25, 0.3) is 10.9 Å². The Bertz CT molecular complexity index is 1360. The number of amides is 2. The molecule has 2 N–H and O–H groups in total. The third-order valence-corrected chi connectivity index (χ3v) is 6.57. The number of nitrogens with one attached hydrogen (secondary N) is 2. The third kappa shape index (κ3) is 6.15. The largest absolute Gasteiger partial charge is 0.495 e. The first-order valence-corrected chi connectivity index (χ1v) is 12.2. The van der Waals surface area contributed by atoms with Gasteiger partial charge in [-0.05, 0) is 48.5 Å². The highest BCUT2D eigenvalue weighted by atomic mass is 35.5. The van der Waals surface area contributed by atoms with E-state index in [0.29, 0.717) is 35.1 Å². The first-order chi connectivity index (χ1) is 16.9. The van der Waals surface area contributed by atoms with E-state index >= 15 is 0 Å². The number of benzene rings is 3. The van der Waals surface area contributed by atoms with Crippen molar-refractivity contribution in [2.24, 2.45) is 0 Å². The number of anilines is 1. The monoisotopic (exact) mass is 511 g/mol. The lowest BCUT2D eigenvalue weighted by Gasteiger charge is -2.10. The predicted molar refractivity (Wildman–Crippen MR) is 138 cm³/mol. The van der Waals surface area contributed by atoms with Gasteiger partial charge < -0.3 is 19.9 Å². The molecule has 180 valence electrons. The van der Waals surface area contributed by atoms with Gasteiger partial charge in [-0.1, -0.05) is 29.8 Å². The maximum Gasteiger partial charge on any atom is 0.251 e. The lowest BCUT2D eigenvalue weighted by Crippen LogP contribution is -2.27. The van der Waals surface area contributed by atoms with Crippen LogP contribution in [-0.4, -0.2) is 35.8 Å². The van der Waals surface area contributed by atoms with E-state index in [1.807, 2.05) is 35.0 Å². The van der Waals surface area contributed by atoms with Gasteiger partial charge in [-0.2, -0.15) is 0 Å². The molecule has 0 fully saturated rings. The van der Waals surface area contributed by atoms with Gasteiger partial charge in [-0.15, -0.1) is 11.8 Å². The van der Waals surface area contributed by atoms with E-state index in [1.54, 1.807) is 18.2 Å². The number of hydrogen-bond donors (Lipinski definition) is 2. The number of ether oxygens (including phenoxy) is 1. The summed E-state index contributed by atoms with van der Waals surface area (Å²) in [5.74, 6) is -0.0914. The number of carbonyl (C=O) groups excluding carboxylic acids is 2. The zero-order valence-electron chi connectivity index (χ0n) is 18.9. The van der Waals surface area contributed by atoms with E-state index < -0.39 is 0 Å². The van der Waals surface area contributed by atoms with Gasteiger partial charge in [-0.25, -0.2) is 4.39 Å². The fraction of sp³-hybridized carbons (Fsp3) is 0.154. The van der Waals surface area contributed by atoms with Gasteiger partial charge in [0, 0.05) is 45.7 Å². The van der Waals surface area contributed by atoms with Crippen LogP contribution >= 0.6 is 23.4 Å². The molecule has 0 unspecified atom stereocenters. The summed E-state index contributed by atoms with van der Waals surface area (Å²) in [5, 5.41) is 7.23. The number of carbonyl (C=O) groups is 2. The topological polar surface area (TPSA) is 72.4 Å². The number of hydrogen-bond acceptors (Lipinski definition) is 4. The molecule has 1 aromatic heterocycles. The molecule has 1 heterocycles. The van der Waals surface area contributed by atoms with Crippen molar-refractivity contribution >= 4 is 51.8 Å². The van der Waals surface area contributed by atoms with Gasteiger partial charge in [0.2, 0.25) is 5.91 Å². The van der Waals surface area contributed by atoms with E-state index in [0.717, 1.165) is 15.8 Å². The summed E-state index contributed by atoms with van der Waals surface area (Å²) >= 11 is 7.47. The quantitative estimate of drug-likeness (QED) is 0.287. The molecular weight excluding hydrogens is 489 g/mol. The first-order valence-electron chi connectivity index (χ1n) is 10.8. The molecule has 0 atom stereocenters. The summed E-state index contributed by atoms with van der Waals surface area (Å²) in [5.41, 5.74) is 1.93. The molecule has 0 saturated heterocycles. The van der Waals surface area contributed by atoms with E-state index in [2.05, 4.69) is 10.6 Å². The number of halogens is 2. The van der Waals surface area contributed by atoms with Gasteiger partial charge in [-0.3, -0.25) is 9.59 Å². The number of aromatic nitrogens is 1. The van der Waals surface area contributed by atoms with Crippen LogP contribution in [0.4, 0.5) is 10.1 Å². The van der Waals surface area contributed by atoms with Crippen molar-refractivity contribution in [1.29, 1.82) is 0 Å². The Morgan fingerprint density at radius 3 is 2.63 bits per heavy atom. The molecule has 6 nitrogen and oxygen atoms in total. The van der Waals surface area contributed by atoms with Crippen LogP contribution in [-0.2, 0) is 11.3 Å². The van der Waals surface area contributed by atoms with Crippen molar-refractivity contribution in [1.82, 2.24) is 9.88 Å². The van der Waals surface area contributed by atoms with E-state index in [9.17, 15) is 14.0 Å². The number of nitrogens with zero attached hydrogens (tertiary/aromatic N) is 1. The lowest BCUT2D eigenvalue weighted by atomic mass is 10.2. The standard InChI is InChI=1S/C26H23ClFN3O3S/c1-34-23-11-8-18(27)14-21(23)30-25(32)16-35-24-15-31(22-5-3-2-4-20(22)24)13-12-29-26(33)17-6-9-19(28)10-7-17/h2-11,14-15H,12-13,16H2,1H3,(H,29,33)(H,30,32). The Balaban J connectivity index is 1.39. The van der Waals surface area contributed by atoms with Gasteiger partial charge >= 0.3 is 0 Å². The second-order valence-electron chi connectivity index (χ2n) is 7.65. The molecule has 0 bridgehead atoms. The molecule has 0 aliphatic carbocycles. The predicted octanol–water partition coefficient (Wildman–Crippen LogP) is 5.60. The van der Waals surface area contributed by atoms with Crippen molar-refractivity contribution in [3.8, 4) is 5.75 Å². The van der Waals surface area contributed by atoms with Crippen LogP contribution < -0.4 is 15.4 Å². The van der Waals surface area contributed by atoms with Crippen molar-refractivity contribution in [2.45, 2.75) is 11.4 Å². The van der Waals surface area contributed by atoms with Gasteiger partial charge in [0.1, 0.15) is 11.6 Å². The minimum atomic E-state index is -0.384. The summed E-state index contributed by atoms with van der Waals surface area (Å²) in [7, 11) is 1.53. The Kier molecular flexibility index (Phi) is 7.94. The summed E-state index contributed by atoms with van der Waals surface area (Å²) in [4.78, 5) is 25.9. The average Bonchev–Trinajstić information content (AvgIpc) is 3.21. The highest BCUT2D eigenvalue weighted by Crippen LogP contribution is 2.31. The molecule has 4 rings (SSSR count). The van der Waals surface area contributed by atoms with Crippen molar-refractivity contribution in [3.63, 3.8) is 0 Å². The average molecular weight is 512 g/mol. The van der Waals surface area contributed by atoms with Gasteiger partial charge in [0.05, 0.1) is 18.6 Å². The minimum Gasteiger partial charge on any atom is -0.495 e. The summed E-state index contributed by atoms with van der Waals surface area (Å²) in [6.07, 6.45) is 1.98.